The van der Waals surface area contributed by atoms with Gasteiger partial charge in [0, 0.05) is 13.0 Å². The number of hydrogen-bond donors (Lipinski definition) is 2. The number of amides is 1. The lowest BCUT2D eigenvalue weighted by Crippen LogP contribution is -2.51. The first-order valence-corrected chi connectivity index (χ1v) is 8.26. The average molecular weight is 304 g/mol. The number of ether oxygens (including phenoxy) is 1. The molecule has 0 saturated heterocycles. The van der Waals surface area contributed by atoms with Crippen LogP contribution in [0.2, 0.25) is 0 Å². The van der Waals surface area contributed by atoms with Crippen molar-refractivity contribution in [3.63, 3.8) is 0 Å². The summed E-state index contributed by atoms with van der Waals surface area (Å²) in [7, 11) is 0. The van der Waals surface area contributed by atoms with Crippen molar-refractivity contribution >= 4 is 5.91 Å². The van der Waals surface area contributed by atoms with Gasteiger partial charge in [0.15, 0.2) is 0 Å². The first kappa shape index (κ1) is 16.8. The Kier molecular flexibility index (Phi) is 5.83. The van der Waals surface area contributed by atoms with E-state index >= 15 is 0 Å². The van der Waals surface area contributed by atoms with Gasteiger partial charge in [-0.05, 0) is 56.4 Å². The summed E-state index contributed by atoms with van der Waals surface area (Å²) in [6.07, 6.45) is 5.55. The molecule has 1 aliphatic rings. The zero-order valence-electron chi connectivity index (χ0n) is 13.8. The van der Waals surface area contributed by atoms with Crippen LogP contribution in [0.25, 0.3) is 0 Å². The molecule has 1 aromatic rings. The zero-order valence-corrected chi connectivity index (χ0v) is 13.8. The second kappa shape index (κ2) is 7.63. The van der Waals surface area contributed by atoms with Crippen molar-refractivity contribution in [1.82, 2.24) is 5.32 Å². The van der Waals surface area contributed by atoms with Crippen molar-refractivity contribution in [3.8, 4) is 5.75 Å². The Hall–Kier alpha value is -1.55. The predicted molar refractivity (Wildman–Crippen MR) is 89.0 cm³/mol. The van der Waals surface area contributed by atoms with E-state index in [-0.39, 0.29) is 11.4 Å². The van der Waals surface area contributed by atoms with Crippen LogP contribution < -0.4 is 15.8 Å². The number of nitrogens with two attached hydrogens (primary N) is 1. The topological polar surface area (TPSA) is 64.3 Å². The number of carbonyl (C=O) groups excluding carboxylic acids is 1. The molecule has 0 bridgehead atoms. The molecule has 22 heavy (non-hydrogen) atoms. The number of benzene rings is 1. The van der Waals surface area contributed by atoms with Crippen molar-refractivity contribution < 1.29 is 9.53 Å². The molecule has 4 nitrogen and oxygen atoms in total. The Labute approximate surface area is 133 Å². The molecule has 0 aliphatic heterocycles. The molecule has 0 atom stereocenters. The van der Waals surface area contributed by atoms with E-state index < -0.39 is 0 Å². The third-order valence-electron chi connectivity index (χ3n) is 4.65. The van der Waals surface area contributed by atoms with E-state index in [9.17, 15) is 4.79 Å². The van der Waals surface area contributed by atoms with Gasteiger partial charge in [-0.3, -0.25) is 4.79 Å². The first-order valence-electron chi connectivity index (χ1n) is 8.26. The van der Waals surface area contributed by atoms with E-state index in [2.05, 4.69) is 25.2 Å². The second-order valence-electron chi connectivity index (χ2n) is 6.44. The maximum atomic E-state index is 12.1. The third-order valence-corrected chi connectivity index (χ3v) is 4.65. The Morgan fingerprint density at radius 3 is 2.64 bits per heavy atom. The molecule has 2 rings (SSSR count). The average Bonchev–Trinajstić information content (AvgIpc) is 2.96. The molecule has 122 valence electrons. The monoisotopic (exact) mass is 304 g/mol. The first-order chi connectivity index (χ1) is 10.5. The highest BCUT2D eigenvalue weighted by molar-refractivity contribution is 5.76. The van der Waals surface area contributed by atoms with Crippen LogP contribution in [0.5, 0.6) is 5.75 Å². The van der Waals surface area contributed by atoms with Crippen LogP contribution >= 0.6 is 0 Å². The minimum atomic E-state index is -0.147. The number of aryl methyl sites for hydroxylation is 2. The maximum Gasteiger partial charge on any atom is 0.220 e. The summed E-state index contributed by atoms with van der Waals surface area (Å²) in [4.78, 5) is 12.1. The minimum absolute atomic E-state index is 0.0936. The highest BCUT2D eigenvalue weighted by Crippen LogP contribution is 2.28. The molecule has 1 aliphatic carbocycles. The fraction of sp³-hybridized carbons (Fsp3) is 0.611. The highest BCUT2D eigenvalue weighted by atomic mass is 16.5. The van der Waals surface area contributed by atoms with Gasteiger partial charge in [0.05, 0.1) is 12.1 Å². The van der Waals surface area contributed by atoms with E-state index in [0.29, 0.717) is 19.6 Å². The van der Waals surface area contributed by atoms with Crippen molar-refractivity contribution in [2.45, 2.75) is 57.9 Å². The van der Waals surface area contributed by atoms with Crippen LogP contribution in [-0.4, -0.2) is 24.6 Å². The normalized spacial score (nSPS) is 16.5. The second-order valence-corrected chi connectivity index (χ2v) is 6.44. The van der Waals surface area contributed by atoms with Crippen LogP contribution in [0.4, 0.5) is 0 Å². The fourth-order valence-electron chi connectivity index (χ4n) is 3.02. The molecule has 0 heterocycles. The van der Waals surface area contributed by atoms with E-state index in [1.165, 1.54) is 11.1 Å². The summed E-state index contributed by atoms with van der Waals surface area (Å²) < 4.78 is 5.71. The standard InChI is InChI=1S/C18H28N2O2/c1-14-7-8-16(12-15(14)2)22-11-5-6-17(21)20-18(13-19)9-3-4-10-18/h7-8,12H,3-6,9-11,13,19H2,1-2H3,(H,20,21). The van der Waals surface area contributed by atoms with Gasteiger partial charge < -0.3 is 15.8 Å². The van der Waals surface area contributed by atoms with Crippen molar-refractivity contribution in [1.29, 1.82) is 0 Å². The summed E-state index contributed by atoms with van der Waals surface area (Å²) in [6, 6.07) is 6.07. The SMILES string of the molecule is Cc1ccc(OCCCC(=O)NC2(CN)CCCC2)cc1C. The van der Waals surface area contributed by atoms with Crippen LogP contribution in [0.1, 0.15) is 49.7 Å². The molecule has 0 unspecified atom stereocenters. The van der Waals surface area contributed by atoms with E-state index in [1.807, 2.05) is 12.1 Å². The molecule has 1 aromatic carbocycles. The van der Waals surface area contributed by atoms with Gasteiger partial charge in [0.2, 0.25) is 5.91 Å². The smallest absolute Gasteiger partial charge is 0.220 e. The Morgan fingerprint density at radius 1 is 1.27 bits per heavy atom. The number of nitrogens with one attached hydrogen (secondary N) is 1. The lowest BCUT2D eigenvalue weighted by atomic mass is 9.97. The highest BCUT2D eigenvalue weighted by Gasteiger charge is 2.33. The summed E-state index contributed by atoms with van der Waals surface area (Å²) in [5.41, 5.74) is 8.17. The lowest BCUT2D eigenvalue weighted by Gasteiger charge is -2.28. The molecular weight excluding hydrogens is 276 g/mol. The summed E-state index contributed by atoms with van der Waals surface area (Å²) in [5.74, 6) is 0.966. The van der Waals surface area contributed by atoms with Gasteiger partial charge in [0.25, 0.3) is 0 Å². The third kappa shape index (κ3) is 4.47. The van der Waals surface area contributed by atoms with Crippen LogP contribution in [0.15, 0.2) is 18.2 Å². The largest absolute Gasteiger partial charge is 0.494 e. The molecule has 1 saturated carbocycles. The fourth-order valence-corrected chi connectivity index (χ4v) is 3.02. The van der Waals surface area contributed by atoms with Gasteiger partial charge in [-0.25, -0.2) is 0 Å². The molecule has 1 amide bonds. The Bertz CT molecular complexity index is 508. The molecular formula is C18H28N2O2. The lowest BCUT2D eigenvalue weighted by molar-refractivity contribution is -0.123. The minimum Gasteiger partial charge on any atom is -0.494 e. The van der Waals surface area contributed by atoms with Crippen LogP contribution in [-0.2, 0) is 4.79 Å². The summed E-state index contributed by atoms with van der Waals surface area (Å²) in [6.45, 7) is 5.26. The van der Waals surface area contributed by atoms with Crippen LogP contribution in [0, 0.1) is 13.8 Å². The molecule has 0 spiro atoms. The van der Waals surface area contributed by atoms with Gasteiger partial charge in [-0.15, -0.1) is 0 Å². The van der Waals surface area contributed by atoms with E-state index in [1.54, 1.807) is 0 Å². The predicted octanol–water partition coefficient (Wildman–Crippen LogP) is 2.85. The van der Waals surface area contributed by atoms with Gasteiger partial charge >= 0.3 is 0 Å². The van der Waals surface area contributed by atoms with Crippen molar-refractivity contribution in [3.05, 3.63) is 29.3 Å². The number of carbonyl (C=O) groups is 1. The molecule has 4 heteroatoms. The number of hydrogen-bond acceptors (Lipinski definition) is 3. The van der Waals surface area contributed by atoms with E-state index in [4.69, 9.17) is 10.5 Å². The quantitative estimate of drug-likeness (QED) is 0.761. The molecule has 3 N–H and O–H groups in total. The van der Waals surface area contributed by atoms with Crippen molar-refractivity contribution in [2.75, 3.05) is 13.2 Å². The zero-order chi connectivity index (χ0) is 16.0. The maximum absolute atomic E-state index is 12.1. The molecule has 1 fully saturated rings. The van der Waals surface area contributed by atoms with Gasteiger partial charge in [-0.2, -0.15) is 0 Å². The number of rotatable bonds is 7. The van der Waals surface area contributed by atoms with E-state index in [0.717, 1.165) is 37.9 Å². The van der Waals surface area contributed by atoms with Gasteiger partial charge in [-0.1, -0.05) is 18.9 Å². The Balaban J connectivity index is 1.69. The summed E-state index contributed by atoms with van der Waals surface area (Å²) in [5, 5.41) is 3.14. The van der Waals surface area contributed by atoms with Crippen LogP contribution in [0.3, 0.4) is 0 Å². The molecule has 0 radical (unpaired) electrons. The van der Waals surface area contributed by atoms with Gasteiger partial charge in [0.1, 0.15) is 5.75 Å². The Morgan fingerprint density at radius 2 is 2.00 bits per heavy atom. The molecule has 0 aromatic heterocycles. The van der Waals surface area contributed by atoms with Crippen molar-refractivity contribution in [2.24, 2.45) is 5.73 Å². The summed E-state index contributed by atoms with van der Waals surface area (Å²) >= 11 is 0.